The van der Waals surface area contributed by atoms with Crippen molar-refractivity contribution < 1.29 is 9.90 Å². The number of aryl methyl sites for hydroxylation is 1. The Morgan fingerprint density at radius 2 is 2.00 bits per heavy atom. The van der Waals surface area contributed by atoms with Crippen LogP contribution in [0, 0.1) is 6.92 Å². The fraction of sp³-hybridized carbons (Fsp3) is 0.364. The monoisotopic (exact) mass is 212 g/mol. The van der Waals surface area contributed by atoms with Crippen LogP contribution in [0.2, 0.25) is 0 Å². The van der Waals surface area contributed by atoms with Gasteiger partial charge < -0.3 is 5.11 Å². The lowest BCUT2D eigenvalue weighted by atomic mass is 10.1. The Bertz CT molecular complexity index is 306. The molecule has 14 heavy (non-hydrogen) atoms. The van der Waals surface area contributed by atoms with Crippen molar-refractivity contribution in [1.29, 1.82) is 0 Å². The Labute approximate surface area is 88.5 Å². The first-order valence-corrected chi connectivity index (χ1v) is 4.93. The topological polar surface area (TPSA) is 37.3 Å². The Morgan fingerprint density at radius 1 is 1.43 bits per heavy atom. The fourth-order valence-corrected chi connectivity index (χ4v) is 1.55. The molecule has 76 valence electrons. The highest BCUT2D eigenvalue weighted by Crippen LogP contribution is 2.12. The largest absolute Gasteiger partial charge is 0.481 e. The van der Waals surface area contributed by atoms with Gasteiger partial charge in [-0.05, 0) is 18.9 Å². The van der Waals surface area contributed by atoms with Gasteiger partial charge in [-0.25, -0.2) is 0 Å². The Balaban J connectivity index is 2.51. The molecule has 0 amide bonds. The van der Waals surface area contributed by atoms with Crippen molar-refractivity contribution in [3.8, 4) is 0 Å². The average molecular weight is 213 g/mol. The summed E-state index contributed by atoms with van der Waals surface area (Å²) in [5.41, 5.74) is 2.27. The van der Waals surface area contributed by atoms with Crippen molar-refractivity contribution >= 4 is 17.6 Å². The van der Waals surface area contributed by atoms with Gasteiger partial charge in [0.15, 0.2) is 0 Å². The van der Waals surface area contributed by atoms with E-state index in [0.717, 1.165) is 5.56 Å². The van der Waals surface area contributed by atoms with E-state index in [1.165, 1.54) is 5.56 Å². The van der Waals surface area contributed by atoms with Crippen molar-refractivity contribution in [3.05, 3.63) is 35.4 Å². The Hall–Kier alpha value is -1.02. The molecule has 1 N–H and O–H groups in total. The summed E-state index contributed by atoms with van der Waals surface area (Å²) >= 11 is 5.87. The van der Waals surface area contributed by atoms with Crippen LogP contribution in [0.3, 0.4) is 0 Å². The third kappa shape index (κ3) is 3.79. The third-order valence-corrected chi connectivity index (χ3v) is 2.28. The molecule has 0 heterocycles. The van der Waals surface area contributed by atoms with Gasteiger partial charge in [0.2, 0.25) is 0 Å². The minimum atomic E-state index is -0.850. The summed E-state index contributed by atoms with van der Waals surface area (Å²) in [5.74, 6) is -0.850. The van der Waals surface area contributed by atoms with Crippen LogP contribution >= 0.6 is 11.6 Å². The summed E-state index contributed by atoms with van der Waals surface area (Å²) in [6.45, 7) is 2.01. The molecule has 0 fully saturated rings. The van der Waals surface area contributed by atoms with Crippen LogP contribution in [0.5, 0.6) is 0 Å². The fourth-order valence-electron chi connectivity index (χ4n) is 1.24. The first-order valence-electron chi connectivity index (χ1n) is 4.49. The molecule has 0 spiro atoms. The first kappa shape index (κ1) is 11.1. The van der Waals surface area contributed by atoms with E-state index in [-0.39, 0.29) is 11.8 Å². The molecule has 0 saturated carbocycles. The third-order valence-electron chi connectivity index (χ3n) is 1.97. The van der Waals surface area contributed by atoms with Crippen molar-refractivity contribution in [2.45, 2.75) is 25.1 Å². The van der Waals surface area contributed by atoms with Crippen molar-refractivity contribution in [3.63, 3.8) is 0 Å². The van der Waals surface area contributed by atoms with E-state index < -0.39 is 5.97 Å². The van der Waals surface area contributed by atoms with Gasteiger partial charge in [0.1, 0.15) is 0 Å². The number of aliphatic carboxylic acids is 1. The molecule has 1 rings (SSSR count). The molecule has 1 atom stereocenters. The molecule has 2 nitrogen and oxygen atoms in total. The molecule has 3 heteroatoms. The molecule has 0 radical (unpaired) electrons. The van der Waals surface area contributed by atoms with Crippen molar-refractivity contribution in [2.75, 3.05) is 0 Å². The molecule has 1 aromatic rings. The highest BCUT2D eigenvalue weighted by Gasteiger charge is 2.10. The second kappa shape index (κ2) is 5.01. The molecule has 0 aliphatic heterocycles. The number of carboxylic acids is 1. The molecular weight excluding hydrogens is 200 g/mol. The average Bonchev–Trinajstić information content (AvgIpc) is 2.07. The van der Waals surface area contributed by atoms with Gasteiger partial charge in [-0.3, -0.25) is 4.79 Å². The van der Waals surface area contributed by atoms with Gasteiger partial charge in [0.25, 0.3) is 0 Å². The summed E-state index contributed by atoms with van der Waals surface area (Å²) in [6, 6.07) is 7.96. The van der Waals surface area contributed by atoms with Gasteiger partial charge >= 0.3 is 5.97 Å². The van der Waals surface area contributed by atoms with E-state index >= 15 is 0 Å². The first-order chi connectivity index (χ1) is 6.58. The van der Waals surface area contributed by atoms with E-state index in [1.807, 2.05) is 31.2 Å². The second-order valence-corrected chi connectivity index (χ2v) is 4.00. The van der Waals surface area contributed by atoms with Gasteiger partial charge in [0.05, 0.1) is 6.42 Å². The molecule has 0 aliphatic rings. The highest BCUT2D eigenvalue weighted by atomic mass is 35.5. The second-order valence-electron chi connectivity index (χ2n) is 3.38. The van der Waals surface area contributed by atoms with Gasteiger partial charge in [-0.1, -0.05) is 29.8 Å². The van der Waals surface area contributed by atoms with Crippen molar-refractivity contribution in [2.24, 2.45) is 0 Å². The number of hydrogen-bond donors (Lipinski definition) is 1. The number of alkyl halides is 1. The summed E-state index contributed by atoms with van der Waals surface area (Å²) < 4.78 is 0. The zero-order valence-corrected chi connectivity index (χ0v) is 8.79. The van der Waals surface area contributed by atoms with Crippen LogP contribution in [0.25, 0.3) is 0 Å². The Morgan fingerprint density at radius 3 is 2.50 bits per heavy atom. The maximum absolute atomic E-state index is 10.4. The predicted octanol–water partition coefficient (Wildman–Crippen LogP) is 2.62. The maximum Gasteiger partial charge on any atom is 0.304 e. The zero-order valence-electron chi connectivity index (χ0n) is 8.03. The summed E-state index contributed by atoms with van der Waals surface area (Å²) in [6.07, 6.45) is 0.615. The zero-order chi connectivity index (χ0) is 10.6. The molecule has 1 unspecified atom stereocenters. The lowest BCUT2D eigenvalue weighted by Gasteiger charge is -2.06. The minimum absolute atomic E-state index is 0.00936. The lowest BCUT2D eigenvalue weighted by molar-refractivity contribution is -0.137. The van der Waals surface area contributed by atoms with Crippen LogP contribution in [0.4, 0.5) is 0 Å². The van der Waals surface area contributed by atoms with E-state index in [2.05, 4.69) is 0 Å². The van der Waals surface area contributed by atoms with E-state index in [9.17, 15) is 4.79 Å². The normalized spacial score (nSPS) is 12.4. The number of carbonyl (C=O) groups is 1. The van der Waals surface area contributed by atoms with Gasteiger partial charge in [-0.2, -0.15) is 0 Å². The molecule has 0 aliphatic carbocycles. The van der Waals surface area contributed by atoms with Crippen LogP contribution in [0.15, 0.2) is 24.3 Å². The number of carboxylic acid groups (broad SMARTS) is 1. The minimum Gasteiger partial charge on any atom is -0.481 e. The maximum atomic E-state index is 10.4. The van der Waals surface area contributed by atoms with Crippen LogP contribution < -0.4 is 0 Å². The van der Waals surface area contributed by atoms with Gasteiger partial charge in [0, 0.05) is 5.38 Å². The van der Waals surface area contributed by atoms with Crippen LogP contribution in [-0.4, -0.2) is 16.5 Å². The van der Waals surface area contributed by atoms with E-state index in [0.29, 0.717) is 6.42 Å². The number of benzene rings is 1. The predicted molar refractivity (Wildman–Crippen MR) is 56.8 cm³/mol. The summed E-state index contributed by atoms with van der Waals surface area (Å²) in [7, 11) is 0. The SMILES string of the molecule is Cc1ccc(CC(Cl)CC(=O)O)cc1. The number of hydrogen-bond acceptors (Lipinski definition) is 1. The number of halogens is 1. The molecule has 0 bridgehead atoms. The number of rotatable bonds is 4. The molecule has 0 aromatic heterocycles. The van der Waals surface area contributed by atoms with Crippen molar-refractivity contribution in [1.82, 2.24) is 0 Å². The molecular formula is C11H13ClO2. The Kier molecular flexibility index (Phi) is 3.96. The smallest absolute Gasteiger partial charge is 0.304 e. The molecule has 1 aromatic carbocycles. The quantitative estimate of drug-likeness (QED) is 0.780. The standard InChI is InChI=1S/C11H13ClO2/c1-8-2-4-9(5-3-8)6-10(12)7-11(13)14/h2-5,10H,6-7H2,1H3,(H,13,14). The van der Waals surface area contributed by atoms with E-state index in [4.69, 9.17) is 16.7 Å². The van der Waals surface area contributed by atoms with Crippen LogP contribution in [-0.2, 0) is 11.2 Å². The summed E-state index contributed by atoms with van der Waals surface area (Å²) in [5, 5.41) is 8.20. The summed E-state index contributed by atoms with van der Waals surface area (Å²) in [4.78, 5) is 10.4. The van der Waals surface area contributed by atoms with E-state index in [1.54, 1.807) is 0 Å². The lowest BCUT2D eigenvalue weighted by Crippen LogP contribution is -2.09. The molecule has 0 saturated heterocycles. The van der Waals surface area contributed by atoms with Crippen LogP contribution in [0.1, 0.15) is 17.5 Å². The highest BCUT2D eigenvalue weighted by molar-refractivity contribution is 6.21. The van der Waals surface area contributed by atoms with Gasteiger partial charge in [-0.15, -0.1) is 11.6 Å².